The number of H-pyrrole nitrogens is 1. The molecule has 4 rings (SSSR count). The maximum absolute atomic E-state index is 13.1. The number of hydrogen-bond donors (Lipinski definition) is 2. The van der Waals surface area contributed by atoms with Crippen molar-refractivity contribution in [1.82, 2.24) is 19.5 Å². The minimum absolute atomic E-state index is 0.0715. The van der Waals surface area contributed by atoms with Gasteiger partial charge < -0.3 is 5.32 Å². The lowest BCUT2D eigenvalue weighted by molar-refractivity contribution is 0.626. The fraction of sp³-hybridized carbons (Fsp3) is 0.100. The molecule has 0 amide bonds. The van der Waals surface area contributed by atoms with E-state index in [1.54, 1.807) is 12.1 Å². The molecule has 2 heterocycles. The molecule has 0 radical (unpaired) electrons. The van der Waals surface area contributed by atoms with Crippen LogP contribution in [0.15, 0.2) is 64.3 Å². The van der Waals surface area contributed by atoms with Gasteiger partial charge in [0.2, 0.25) is 5.95 Å². The monoisotopic (exact) mass is 395 g/mol. The van der Waals surface area contributed by atoms with Crippen LogP contribution in [-0.4, -0.2) is 19.5 Å². The molecule has 2 N–H and O–H groups in total. The molecule has 0 aliphatic heterocycles. The molecule has 4 aromatic rings. The van der Waals surface area contributed by atoms with Crippen molar-refractivity contribution in [2.45, 2.75) is 13.0 Å². The first-order chi connectivity index (χ1) is 13.9. The fourth-order valence-corrected chi connectivity index (χ4v) is 2.93. The van der Waals surface area contributed by atoms with Crippen LogP contribution >= 0.6 is 0 Å². The second kappa shape index (κ2) is 7.27. The van der Waals surface area contributed by atoms with Gasteiger partial charge >= 0.3 is 5.69 Å². The maximum atomic E-state index is 13.1. The van der Waals surface area contributed by atoms with Gasteiger partial charge in [0.1, 0.15) is 17.0 Å². The quantitative estimate of drug-likeness (QED) is 0.554. The number of halogens is 2. The van der Waals surface area contributed by atoms with Crippen LogP contribution in [0.4, 0.5) is 14.7 Å². The Morgan fingerprint density at radius 2 is 1.62 bits per heavy atom. The molecular formula is C20H15F2N5O2. The molecule has 0 saturated carbocycles. The summed E-state index contributed by atoms with van der Waals surface area (Å²) >= 11 is 0. The molecule has 0 spiro atoms. The van der Waals surface area contributed by atoms with Crippen molar-refractivity contribution < 1.29 is 8.78 Å². The van der Waals surface area contributed by atoms with E-state index in [0.29, 0.717) is 0 Å². The van der Waals surface area contributed by atoms with E-state index in [4.69, 9.17) is 0 Å². The van der Waals surface area contributed by atoms with Gasteiger partial charge in [-0.05, 0) is 48.9 Å². The van der Waals surface area contributed by atoms with Gasteiger partial charge in [-0.2, -0.15) is 4.98 Å². The number of nitrogens with zero attached hydrogens (tertiary/aromatic N) is 3. The van der Waals surface area contributed by atoms with E-state index in [9.17, 15) is 18.4 Å². The molecule has 0 unspecified atom stereocenters. The van der Waals surface area contributed by atoms with Crippen molar-refractivity contribution in [3.63, 3.8) is 0 Å². The maximum Gasteiger partial charge on any atom is 0.334 e. The SMILES string of the molecule is C[C@H](Nc1ncc2c(=O)n(-c3ccc(F)cc3)c(=O)[nH]c2n1)c1ccc(F)cc1. The number of aromatic amines is 1. The van der Waals surface area contributed by atoms with Crippen LogP contribution in [-0.2, 0) is 0 Å². The van der Waals surface area contributed by atoms with E-state index in [0.717, 1.165) is 22.3 Å². The number of anilines is 1. The smallest absolute Gasteiger partial charge is 0.334 e. The lowest BCUT2D eigenvalue weighted by Gasteiger charge is -2.14. The van der Waals surface area contributed by atoms with Gasteiger partial charge in [0, 0.05) is 6.20 Å². The molecule has 0 saturated heterocycles. The van der Waals surface area contributed by atoms with Crippen LogP contribution in [0, 0.1) is 11.6 Å². The van der Waals surface area contributed by atoms with E-state index in [1.165, 1.54) is 30.5 Å². The van der Waals surface area contributed by atoms with Gasteiger partial charge in [-0.25, -0.2) is 23.1 Å². The minimum Gasteiger partial charge on any atom is -0.348 e. The Balaban J connectivity index is 1.71. The fourth-order valence-electron chi connectivity index (χ4n) is 2.93. The first kappa shape index (κ1) is 18.5. The standard InChI is InChI=1S/C20H15F2N5O2/c1-11(12-2-4-13(21)5-3-12)24-19-23-10-16-17(25-19)26-20(29)27(18(16)28)15-8-6-14(22)7-9-15/h2-11H,1H3,(H2,23,24,25,26,29)/t11-/m0/s1. The number of aromatic nitrogens is 4. The Bertz CT molecular complexity index is 1300. The summed E-state index contributed by atoms with van der Waals surface area (Å²) in [5, 5.41) is 3.15. The molecule has 29 heavy (non-hydrogen) atoms. The van der Waals surface area contributed by atoms with Gasteiger partial charge in [-0.1, -0.05) is 12.1 Å². The summed E-state index contributed by atoms with van der Waals surface area (Å²) in [6, 6.07) is 10.7. The van der Waals surface area contributed by atoms with Gasteiger partial charge in [0.15, 0.2) is 5.65 Å². The zero-order chi connectivity index (χ0) is 20.5. The molecule has 0 aliphatic carbocycles. The molecule has 0 fully saturated rings. The first-order valence-corrected chi connectivity index (χ1v) is 8.72. The second-order valence-electron chi connectivity index (χ2n) is 6.42. The Kier molecular flexibility index (Phi) is 4.63. The average Bonchev–Trinajstić information content (AvgIpc) is 2.69. The number of rotatable bonds is 4. The third-order valence-electron chi connectivity index (χ3n) is 4.45. The number of nitrogens with one attached hydrogen (secondary N) is 2. The van der Waals surface area contributed by atoms with Gasteiger partial charge in [0.25, 0.3) is 5.56 Å². The summed E-state index contributed by atoms with van der Waals surface area (Å²) in [5.41, 5.74) is -0.206. The molecule has 1 atom stereocenters. The van der Waals surface area contributed by atoms with E-state index in [1.807, 2.05) is 6.92 Å². The summed E-state index contributed by atoms with van der Waals surface area (Å²) < 4.78 is 27.1. The summed E-state index contributed by atoms with van der Waals surface area (Å²) in [5.74, 6) is -0.616. The van der Waals surface area contributed by atoms with Gasteiger partial charge in [0.05, 0.1) is 11.7 Å². The highest BCUT2D eigenvalue weighted by atomic mass is 19.1. The molecule has 146 valence electrons. The van der Waals surface area contributed by atoms with Crippen molar-refractivity contribution in [2.24, 2.45) is 0 Å². The highest BCUT2D eigenvalue weighted by molar-refractivity contribution is 5.73. The number of fused-ring (bicyclic) bond motifs is 1. The largest absolute Gasteiger partial charge is 0.348 e. The molecule has 0 aliphatic rings. The third kappa shape index (κ3) is 3.62. The van der Waals surface area contributed by atoms with E-state index in [-0.39, 0.29) is 34.5 Å². The summed E-state index contributed by atoms with van der Waals surface area (Å²) in [6.07, 6.45) is 1.31. The normalized spacial score (nSPS) is 12.1. The Morgan fingerprint density at radius 1 is 1.00 bits per heavy atom. The summed E-state index contributed by atoms with van der Waals surface area (Å²) in [6.45, 7) is 1.84. The third-order valence-corrected chi connectivity index (χ3v) is 4.45. The molecule has 9 heteroatoms. The van der Waals surface area contributed by atoms with Crippen molar-refractivity contribution in [2.75, 3.05) is 5.32 Å². The summed E-state index contributed by atoms with van der Waals surface area (Å²) in [4.78, 5) is 36.0. The Labute approximate surface area is 162 Å². The van der Waals surface area contributed by atoms with E-state index < -0.39 is 17.1 Å². The van der Waals surface area contributed by atoms with Crippen molar-refractivity contribution in [3.05, 3.63) is 92.8 Å². The Hall–Kier alpha value is -3.88. The predicted octanol–water partition coefficient (Wildman–Crippen LogP) is 2.92. The van der Waals surface area contributed by atoms with Crippen molar-refractivity contribution >= 4 is 17.0 Å². The van der Waals surface area contributed by atoms with Gasteiger partial charge in [-0.15, -0.1) is 0 Å². The van der Waals surface area contributed by atoms with Crippen LogP contribution in [0.3, 0.4) is 0 Å². The molecular weight excluding hydrogens is 380 g/mol. The van der Waals surface area contributed by atoms with Gasteiger partial charge in [-0.3, -0.25) is 9.78 Å². The minimum atomic E-state index is -0.703. The van der Waals surface area contributed by atoms with Crippen molar-refractivity contribution in [1.29, 1.82) is 0 Å². The van der Waals surface area contributed by atoms with Crippen LogP contribution in [0.1, 0.15) is 18.5 Å². The molecule has 7 nitrogen and oxygen atoms in total. The van der Waals surface area contributed by atoms with Crippen molar-refractivity contribution in [3.8, 4) is 5.69 Å². The Morgan fingerprint density at radius 3 is 2.28 bits per heavy atom. The lowest BCUT2D eigenvalue weighted by atomic mass is 10.1. The van der Waals surface area contributed by atoms with Crippen LogP contribution in [0.2, 0.25) is 0 Å². The highest BCUT2D eigenvalue weighted by Gasteiger charge is 2.13. The van der Waals surface area contributed by atoms with Crippen LogP contribution in [0.25, 0.3) is 16.7 Å². The zero-order valence-corrected chi connectivity index (χ0v) is 15.2. The average molecular weight is 395 g/mol. The van der Waals surface area contributed by atoms with Crippen LogP contribution < -0.4 is 16.6 Å². The zero-order valence-electron chi connectivity index (χ0n) is 15.2. The lowest BCUT2D eigenvalue weighted by Crippen LogP contribution is -2.34. The predicted molar refractivity (Wildman–Crippen MR) is 104 cm³/mol. The van der Waals surface area contributed by atoms with Crippen LogP contribution in [0.5, 0.6) is 0 Å². The van der Waals surface area contributed by atoms with E-state index >= 15 is 0 Å². The first-order valence-electron chi connectivity index (χ1n) is 8.72. The van der Waals surface area contributed by atoms with E-state index in [2.05, 4.69) is 20.3 Å². The second-order valence-corrected chi connectivity index (χ2v) is 6.42. The molecule has 0 bridgehead atoms. The number of hydrogen-bond acceptors (Lipinski definition) is 5. The molecule has 2 aromatic carbocycles. The highest BCUT2D eigenvalue weighted by Crippen LogP contribution is 2.17. The topological polar surface area (TPSA) is 92.7 Å². The molecule has 2 aromatic heterocycles. The summed E-state index contributed by atoms with van der Waals surface area (Å²) in [7, 11) is 0. The number of benzene rings is 2.